The quantitative estimate of drug-likeness (QED) is 0.743. The first-order chi connectivity index (χ1) is 7.41. The smallest absolute Gasteiger partial charge is 0.0995 e. The largest absolute Gasteiger partial charge is 0.198 e. The fraction of sp³-hybridized carbons (Fsp3) is 0.385. The number of hydrogen-bond acceptors (Lipinski definition) is 2. The van der Waals surface area contributed by atoms with Gasteiger partial charge in [-0.1, -0.05) is 38.4 Å². The van der Waals surface area contributed by atoms with Gasteiger partial charge in [0.25, 0.3) is 0 Å². The molecule has 0 fully saturated rings. The van der Waals surface area contributed by atoms with E-state index in [0.29, 0.717) is 10.6 Å². The van der Waals surface area contributed by atoms with E-state index in [2.05, 4.69) is 12.1 Å². The van der Waals surface area contributed by atoms with Gasteiger partial charge in [0, 0.05) is 5.02 Å². The molecular weight excluding hydrogens is 220 g/mol. The highest BCUT2D eigenvalue weighted by atomic mass is 35.5. The molecule has 3 heteroatoms. The summed E-state index contributed by atoms with van der Waals surface area (Å²) in [6, 6.07) is 7.70. The van der Waals surface area contributed by atoms with Crippen molar-refractivity contribution in [3.8, 4) is 12.1 Å². The molecule has 0 saturated heterocycles. The van der Waals surface area contributed by atoms with E-state index in [1.54, 1.807) is 12.1 Å². The fourth-order valence-electron chi connectivity index (χ4n) is 1.67. The van der Waals surface area contributed by atoms with Crippen LogP contribution in [0, 0.1) is 22.7 Å². The topological polar surface area (TPSA) is 47.6 Å². The lowest BCUT2D eigenvalue weighted by Gasteiger charge is -2.23. The summed E-state index contributed by atoms with van der Waals surface area (Å²) in [5, 5.41) is 18.3. The van der Waals surface area contributed by atoms with Crippen LogP contribution in [0.4, 0.5) is 0 Å². The molecule has 0 heterocycles. The van der Waals surface area contributed by atoms with Crippen LogP contribution in [-0.2, 0) is 11.8 Å². The van der Waals surface area contributed by atoms with Gasteiger partial charge in [0.1, 0.15) is 0 Å². The van der Waals surface area contributed by atoms with Gasteiger partial charge in [-0.2, -0.15) is 10.5 Å². The third-order valence-electron chi connectivity index (χ3n) is 2.36. The van der Waals surface area contributed by atoms with Gasteiger partial charge in [-0.15, -0.1) is 0 Å². The average molecular weight is 233 g/mol. The average Bonchev–Trinajstić information content (AvgIpc) is 2.19. The van der Waals surface area contributed by atoms with Gasteiger partial charge in [0.15, 0.2) is 0 Å². The Morgan fingerprint density at radius 2 is 1.88 bits per heavy atom. The monoisotopic (exact) mass is 232 g/mol. The predicted octanol–water partition coefficient (Wildman–Crippen LogP) is 3.58. The van der Waals surface area contributed by atoms with E-state index in [-0.39, 0.29) is 11.8 Å². The molecule has 0 spiro atoms. The minimum atomic E-state index is -0.201. The summed E-state index contributed by atoms with van der Waals surface area (Å²) in [5.74, 6) is 0. The molecule has 0 atom stereocenters. The molecule has 0 aliphatic heterocycles. The van der Waals surface area contributed by atoms with Crippen molar-refractivity contribution in [2.24, 2.45) is 0 Å². The molecule has 0 N–H and O–H groups in total. The van der Waals surface area contributed by atoms with Crippen molar-refractivity contribution in [1.82, 2.24) is 0 Å². The van der Waals surface area contributed by atoms with Crippen LogP contribution in [0.5, 0.6) is 0 Å². The second-order valence-corrected chi connectivity index (χ2v) is 5.04. The van der Waals surface area contributed by atoms with Crippen LogP contribution in [0.2, 0.25) is 5.02 Å². The maximum Gasteiger partial charge on any atom is 0.0995 e. The molecule has 0 radical (unpaired) electrons. The van der Waals surface area contributed by atoms with Gasteiger partial charge in [-0.25, -0.2) is 0 Å². The first-order valence-corrected chi connectivity index (χ1v) is 5.38. The summed E-state index contributed by atoms with van der Waals surface area (Å²) in [4.78, 5) is 0. The van der Waals surface area contributed by atoms with Gasteiger partial charge in [-0.3, -0.25) is 0 Å². The summed E-state index contributed by atoms with van der Waals surface area (Å²) in [6.45, 7) is 6.02. The summed E-state index contributed by atoms with van der Waals surface area (Å²) in [5.41, 5.74) is 1.99. The SMILES string of the molecule is CC(C)(C)c1c(C#N)ccc(CC#N)c1Cl. The number of rotatable bonds is 1. The van der Waals surface area contributed by atoms with E-state index in [1.807, 2.05) is 20.8 Å². The van der Waals surface area contributed by atoms with Crippen molar-refractivity contribution in [3.05, 3.63) is 33.8 Å². The van der Waals surface area contributed by atoms with E-state index in [0.717, 1.165) is 11.1 Å². The number of nitrogens with zero attached hydrogens (tertiary/aromatic N) is 2. The van der Waals surface area contributed by atoms with Crippen molar-refractivity contribution in [1.29, 1.82) is 10.5 Å². The summed E-state index contributed by atoms with van der Waals surface area (Å²) < 4.78 is 0. The van der Waals surface area contributed by atoms with Crippen molar-refractivity contribution in [2.45, 2.75) is 32.6 Å². The molecule has 82 valence electrons. The molecule has 0 bridgehead atoms. The molecule has 0 aromatic heterocycles. The Morgan fingerprint density at radius 1 is 1.25 bits per heavy atom. The van der Waals surface area contributed by atoms with E-state index in [4.69, 9.17) is 22.1 Å². The van der Waals surface area contributed by atoms with Crippen LogP contribution in [0.15, 0.2) is 12.1 Å². The van der Waals surface area contributed by atoms with Crippen LogP contribution >= 0.6 is 11.6 Å². The fourth-order valence-corrected chi connectivity index (χ4v) is 2.18. The first-order valence-electron chi connectivity index (χ1n) is 5.00. The maximum atomic E-state index is 9.05. The summed E-state index contributed by atoms with van der Waals surface area (Å²) in [6.07, 6.45) is 0.271. The molecule has 16 heavy (non-hydrogen) atoms. The highest BCUT2D eigenvalue weighted by Crippen LogP contribution is 2.34. The van der Waals surface area contributed by atoms with Gasteiger partial charge in [0.05, 0.1) is 24.1 Å². The normalized spacial score (nSPS) is 10.6. The Bertz CT molecular complexity index is 484. The van der Waals surface area contributed by atoms with Gasteiger partial charge in [-0.05, 0) is 22.6 Å². The van der Waals surface area contributed by atoms with Gasteiger partial charge in [0.2, 0.25) is 0 Å². The Kier molecular flexibility index (Phi) is 3.58. The zero-order valence-corrected chi connectivity index (χ0v) is 10.4. The minimum Gasteiger partial charge on any atom is -0.198 e. The van der Waals surface area contributed by atoms with E-state index < -0.39 is 0 Å². The number of halogens is 1. The van der Waals surface area contributed by atoms with Crippen molar-refractivity contribution in [3.63, 3.8) is 0 Å². The molecule has 0 aliphatic rings. The summed E-state index contributed by atoms with van der Waals surface area (Å²) >= 11 is 6.25. The van der Waals surface area contributed by atoms with Crippen LogP contribution in [0.3, 0.4) is 0 Å². The van der Waals surface area contributed by atoms with Gasteiger partial charge < -0.3 is 0 Å². The third-order valence-corrected chi connectivity index (χ3v) is 2.79. The standard InChI is InChI=1S/C13H13ClN2/c1-13(2,3)11-10(8-16)5-4-9(6-7-15)12(11)14/h4-5H,6H2,1-3H3. The van der Waals surface area contributed by atoms with E-state index in [1.165, 1.54) is 0 Å². The van der Waals surface area contributed by atoms with Crippen molar-refractivity contribution < 1.29 is 0 Å². The third kappa shape index (κ3) is 2.35. The zero-order valence-electron chi connectivity index (χ0n) is 9.63. The second-order valence-electron chi connectivity index (χ2n) is 4.66. The Morgan fingerprint density at radius 3 is 2.31 bits per heavy atom. The summed E-state index contributed by atoms with van der Waals surface area (Å²) in [7, 11) is 0. The Hall–Kier alpha value is -1.51. The predicted molar refractivity (Wildman–Crippen MR) is 64.2 cm³/mol. The van der Waals surface area contributed by atoms with E-state index in [9.17, 15) is 0 Å². The molecule has 0 aliphatic carbocycles. The highest BCUT2D eigenvalue weighted by Gasteiger charge is 2.23. The van der Waals surface area contributed by atoms with Crippen LogP contribution < -0.4 is 0 Å². The number of benzene rings is 1. The van der Waals surface area contributed by atoms with Crippen LogP contribution in [0.25, 0.3) is 0 Å². The first kappa shape index (κ1) is 12.6. The molecule has 0 amide bonds. The van der Waals surface area contributed by atoms with Gasteiger partial charge >= 0.3 is 0 Å². The van der Waals surface area contributed by atoms with Crippen molar-refractivity contribution >= 4 is 11.6 Å². The molecule has 1 aromatic carbocycles. The highest BCUT2D eigenvalue weighted by molar-refractivity contribution is 6.32. The number of hydrogen-bond donors (Lipinski definition) is 0. The minimum absolute atomic E-state index is 0.201. The second kappa shape index (κ2) is 4.56. The van der Waals surface area contributed by atoms with Crippen molar-refractivity contribution in [2.75, 3.05) is 0 Å². The maximum absolute atomic E-state index is 9.05. The van der Waals surface area contributed by atoms with Crippen LogP contribution in [0.1, 0.15) is 37.5 Å². The van der Waals surface area contributed by atoms with E-state index >= 15 is 0 Å². The molecular formula is C13H13ClN2. The lowest BCUT2D eigenvalue weighted by molar-refractivity contribution is 0.588. The molecule has 2 nitrogen and oxygen atoms in total. The molecule has 0 unspecified atom stereocenters. The zero-order chi connectivity index (χ0) is 12.3. The molecule has 0 saturated carbocycles. The lowest BCUT2D eigenvalue weighted by atomic mass is 9.82. The Balaban J connectivity index is 3.50. The number of nitriles is 2. The lowest BCUT2D eigenvalue weighted by Crippen LogP contribution is -2.15. The van der Waals surface area contributed by atoms with Crippen LogP contribution in [-0.4, -0.2) is 0 Å². The molecule has 1 aromatic rings. The molecule has 1 rings (SSSR count). The Labute approximate surface area is 101 Å².